The van der Waals surface area contributed by atoms with Crippen LogP contribution in [0.3, 0.4) is 0 Å². The summed E-state index contributed by atoms with van der Waals surface area (Å²) in [6.07, 6.45) is 1.82. The number of likely N-dealkylation sites (N-methyl/N-ethyl adjacent to an activating group) is 1. The first kappa shape index (κ1) is 26.1. The van der Waals surface area contributed by atoms with E-state index >= 15 is 4.39 Å². The number of nitrogens with zero attached hydrogens (tertiary/aromatic N) is 3. The van der Waals surface area contributed by atoms with E-state index in [-0.39, 0.29) is 35.1 Å². The summed E-state index contributed by atoms with van der Waals surface area (Å²) in [5.74, 6) is -2.72. The molecule has 2 fully saturated rings. The summed E-state index contributed by atoms with van der Waals surface area (Å²) in [5.41, 5.74) is 0.415. The minimum atomic E-state index is -1.34. The molecule has 1 aliphatic heterocycles. The van der Waals surface area contributed by atoms with Gasteiger partial charge in [0.2, 0.25) is 5.43 Å². The fraction of sp³-hybridized carbons (Fsp3) is 0.577. The second kappa shape index (κ2) is 9.82. The third-order valence-electron chi connectivity index (χ3n) is 6.77. The number of ether oxygens (including phenoxy) is 1. The van der Waals surface area contributed by atoms with Gasteiger partial charge >= 0.3 is 5.97 Å². The van der Waals surface area contributed by atoms with E-state index in [1.165, 1.54) is 6.20 Å². The van der Waals surface area contributed by atoms with Crippen LogP contribution in [-0.2, 0) is 9.53 Å². The van der Waals surface area contributed by atoms with Crippen LogP contribution >= 0.6 is 0 Å². The molecule has 0 radical (unpaired) electrons. The van der Waals surface area contributed by atoms with Gasteiger partial charge < -0.3 is 33.9 Å². The van der Waals surface area contributed by atoms with E-state index < -0.39 is 35.7 Å². The lowest BCUT2D eigenvalue weighted by molar-refractivity contribution is -0.873. The summed E-state index contributed by atoms with van der Waals surface area (Å²) < 4.78 is 23.4. The highest BCUT2D eigenvalue weighted by atomic mass is 19.1. The first-order valence-corrected chi connectivity index (χ1v) is 12.4. The zero-order chi connectivity index (χ0) is 26.4. The van der Waals surface area contributed by atoms with Gasteiger partial charge in [-0.25, -0.2) is 9.18 Å². The van der Waals surface area contributed by atoms with Crippen molar-refractivity contribution >= 4 is 28.5 Å². The second-order valence-electron chi connectivity index (χ2n) is 11.1. The minimum absolute atomic E-state index is 0.101. The molecule has 1 aromatic carbocycles. The maximum atomic E-state index is 15.6. The molecule has 1 N–H and O–H groups in total. The zero-order valence-electron chi connectivity index (χ0n) is 21.6. The lowest BCUT2D eigenvalue weighted by atomic mass is 10.0. The molecule has 4 rings (SSSR count). The minimum Gasteiger partial charge on any atom is -0.550 e. The number of aliphatic carboxylic acids is 1. The molecule has 2 unspecified atom stereocenters. The molecule has 36 heavy (non-hydrogen) atoms. The predicted molar refractivity (Wildman–Crippen MR) is 133 cm³/mol. The van der Waals surface area contributed by atoms with E-state index in [0.29, 0.717) is 28.8 Å². The summed E-state index contributed by atoms with van der Waals surface area (Å²) in [7, 11) is 5.53. The van der Waals surface area contributed by atoms with E-state index in [1.807, 2.05) is 37.5 Å². The maximum absolute atomic E-state index is 15.6. The highest BCUT2D eigenvalue weighted by Crippen LogP contribution is 2.39. The Morgan fingerprint density at radius 2 is 2.00 bits per heavy atom. The Balaban J connectivity index is 1.79. The SMILES string of the molecule is Cc1c(F)c(N2CCNC(C)C2)cc2c1c(=O)c(C(=O)OC(CC(=O)[O-])C[N+](C)(C)C)cn2C1CC1. The number of aromatic nitrogens is 1. The van der Waals surface area contributed by atoms with Crippen LogP contribution in [0.1, 0.15) is 48.1 Å². The van der Waals surface area contributed by atoms with Crippen molar-refractivity contribution in [3.05, 3.63) is 39.4 Å². The number of fused-ring (bicyclic) bond motifs is 1. The van der Waals surface area contributed by atoms with E-state index in [9.17, 15) is 19.5 Å². The van der Waals surface area contributed by atoms with Gasteiger partial charge in [-0.15, -0.1) is 0 Å². The Morgan fingerprint density at radius 3 is 2.58 bits per heavy atom. The van der Waals surface area contributed by atoms with Gasteiger partial charge in [0, 0.05) is 55.9 Å². The molecule has 2 aromatic rings. The van der Waals surface area contributed by atoms with Crippen molar-refractivity contribution in [1.29, 1.82) is 0 Å². The smallest absolute Gasteiger partial charge is 0.344 e. The first-order valence-electron chi connectivity index (χ1n) is 12.4. The highest BCUT2D eigenvalue weighted by Gasteiger charge is 2.31. The van der Waals surface area contributed by atoms with Crippen LogP contribution in [0.4, 0.5) is 10.1 Å². The molecule has 2 atom stereocenters. The Bertz CT molecular complexity index is 1250. The standard InChI is InChI=1S/C26H35FN4O5/c1-15-12-29(9-8-28-15)21-11-20-23(16(2)24(21)27)25(34)19(13-30(20)17-6-7-17)26(35)36-18(10-22(32)33)14-31(3,4)5/h11,13,15,17-18,28H,6-10,12,14H2,1-5H3. The average molecular weight is 503 g/mol. The van der Waals surface area contributed by atoms with Crippen LogP contribution in [0.2, 0.25) is 0 Å². The number of carboxylic acids is 1. The molecular weight excluding hydrogens is 467 g/mol. The van der Waals surface area contributed by atoms with Crippen molar-refractivity contribution < 1.29 is 28.3 Å². The molecule has 1 aromatic heterocycles. The fourth-order valence-corrected chi connectivity index (χ4v) is 4.99. The zero-order valence-corrected chi connectivity index (χ0v) is 21.6. The summed E-state index contributed by atoms with van der Waals surface area (Å²) in [6, 6.07) is 2.03. The fourth-order valence-electron chi connectivity index (χ4n) is 4.99. The van der Waals surface area contributed by atoms with Crippen molar-refractivity contribution in [3.63, 3.8) is 0 Å². The molecule has 10 heteroatoms. The molecule has 1 saturated heterocycles. The summed E-state index contributed by atoms with van der Waals surface area (Å²) in [5, 5.41) is 14.8. The Kier molecular flexibility index (Phi) is 7.12. The maximum Gasteiger partial charge on any atom is 0.344 e. The number of aryl methyl sites for hydroxylation is 1. The number of anilines is 1. The third kappa shape index (κ3) is 5.54. The van der Waals surface area contributed by atoms with Crippen molar-refractivity contribution in [2.75, 3.05) is 52.2 Å². The van der Waals surface area contributed by atoms with Gasteiger partial charge in [0.05, 0.1) is 37.7 Å². The van der Waals surface area contributed by atoms with Crippen molar-refractivity contribution in [2.24, 2.45) is 0 Å². The normalized spacial score (nSPS) is 19.4. The number of piperazine rings is 1. The Hall–Kier alpha value is -2.98. The average Bonchev–Trinajstić information content (AvgIpc) is 3.59. The molecule has 0 bridgehead atoms. The van der Waals surface area contributed by atoms with Crippen molar-refractivity contribution in [2.45, 2.75) is 51.3 Å². The number of quaternary nitrogens is 1. The number of hydrogen-bond acceptors (Lipinski definition) is 7. The number of carbonyl (C=O) groups is 2. The van der Waals surface area contributed by atoms with Gasteiger partial charge in [-0.3, -0.25) is 4.79 Å². The number of benzene rings is 1. The van der Waals surface area contributed by atoms with Crippen molar-refractivity contribution in [3.8, 4) is 0 Å². The number of pyridine rings is 1. The van der Waals surface area contributed by atoms with Crippen LogP contribution < -0.4 is 20.8 Å². The Labute approximate surface area is 210 Å². The quantitative estimate of drug-likeness (QED) is 0.424. The molecule has 196 valence electrons. The molecule has 9 nitrogen and oxygen atoms in total. The van der Waals surface area contributed by atoms with Gasteiger partial charge in [0.25, 0.3) is 0 Å². The monoisotopic (exact) mass is 502 g/mol. The summed E-state index contributed by atoms with van der Waals surface area (Å²) >= 11 is 0. The lowest BCUT2D eigenvalue weighted by Crippen LogP contribution is -2.49. The summed E-state index contributed by atoms with van der Waals surface area (Å²) in [6.45, 7) is 5.86. The Morgan fingerprint density at radius 1 is 1.31 bits per heavy atom. The molecule has 2 heterocycles. The van der Waals surface area contributed by atoms with Crippen LogP contribution in [0, 0.1) is 12.7 Å². The molecule has 0 amide bonds. The van der Waals surface area contributed by atoms with Crippen LogP contribution in [0.15, 0.2) is 17.1 Å². The van der Waals surface area contributed by atoms with Crippen molar-refractivity contribution in [1.82, 2.24) is 9.88 Å². The van der Waals surface area contributed by atoms with Crippen LogP contribution in [-0.4, -0.2) is 80.5 Å². The largest absolute Gasteiger partial charge is 0.550 e. The van der Waals surface area contributed by atoms with E-state index in [1.54, 1.807) is 13.0 Å². The number of esters is 1. The molecule has 1 saturated carbocycles. The first-order chi connectivity index (χ1) is 16.9. The molecule has 0 spiro atoms. The van der Waals surface area contributed by atoms with Gasteiger partial charge in [0.1, 0.15) is 17.9 Å². The van der Waals surface area contributed by atoms with Gasteiger partial charge in [-0.2, -0.15) is 0 Å². The van der Waals surface area contributed by atoms with Crippen LogP contribution in [0.5, 0.6) is 0 Å². The van der Waals surface area contributed by atoms with Gasteiger partial charge in [-0.05, 0) is 32.8 Å². The number of hydrogen-bond donors (Lipinski definition) is 1. The topological polar surface area (TPSA) is 104 Å². The molecule has 1 aliphatic carbocycles. The van der Waals surface area contributed by atoms with Crippen LogP contribution in [0.25, 0.3) is 10.9 Å². The van der Waals surface area contributed by atoms with Gasteiger partial charge in [0.15, 0.2) is 6.10 Å². The third-order valence-corrected chi connectivity index (χ3v) is 6.77. The summed E-state index contributed by atoms with van der Waals surface area (Å²) in [4.78, 5) is 39.9. The van der Waals surface area contributed by atoms with E-state index in [2.05, 4.69) is 5.32 Å². The predicted octanol–water partition coefficient (Wildman–Crippen LogP) is 0.954. The molecular formula is C26H35FN4O5. The number of halogens is 1. The number of nitrogens with one attached hydrogen (secondary N) is 1. The number of carbonyl (C=O) groups excluding carboxylic acids is 2. The number of rotatable bonds is 8. The van der Waals surface area contributed by atoms with E-state index in [4.69, 9.17) is 4.74 Å². The lowest BCUT2D eigenvalue weighted by Gasteiger charge is -2.34. The highest BCUT2D eigenvalue weighted by molar-refractivity contribution is 5.96. The number of carboxylic acid groups (broad SMARTS) is 1. The van der Waals surface area contributed by atoms with E-state index in [0.717, 1.165) is 19.4 Å². The molecule has 2 aliphatic rings. The van der Waals surface area contributed by atoms with Gasteiger partial charge in [-0.1, -0.05) is 0 Å². The second-order valence-corrected chi connectivity index (χ2v) is 11.1.